The molecule has 1 N–H and O–H groups in total. The molecule has 1 heterocycles. The molecule has 0 aliphatic carbocycles. The van der Waals surface area contributed by atoms with Crippen LogP contribution in [0.2, 0.25) is 5.02 Å². The lowest BCUT2D eigenvalue weighted by molar-refractivity contribution is -0.160. The monoisotopic (exact) mass is 493 g/mol. The Labute approximate surface area is 199 Å². The molecule has 0 radical (unpaired) electrons. The molecule has 3 rings (SSSR count). The molecule has 0 spiro atoms. The summed E-state index contributed by atoms with van der Waals surface area (Å²) in [7, 11) is -3.94. The normalized spacial score (nSPS) is 16.8. The summed E-state index contributed by atoms with van der Waals surface area (Å²) < 4.78 is 32.4. The number of nitrogens with one attached hydrogen (secondary N) is 1. The Hall–Kier alpha value is -2.46. The molecule has 178 valence electrons. The van der Waals surface area contributed by atoms with Crippen LogP contribution in [-0.2, 0) is 30.9 Å². The maximum absolute atomic E-state index is 12.7. The molecule has 1 saturated heterocycles. The number of amides is 1. The van der Waals surface area contributed by atoms with Crippen molar-refractivity contribution in [2.24, 2.45) is 0 Å². The fourth-order valence-electron chi connectivity index (χ4n) is 3.51. The highest BCUT2D eigenvalue weighted by Gasteiger charge is 2.30. The molecule has 1 aliphatic heterocycles. The third-order valence-corrected chi connectivity index (χ3v) is 7.19. The number of piperazine rings is 1. The number of carbonyl (C=O) groups is 2. The van der Waals surface area contributed by atoms with Crippen molar-refractivity contribution in [2.75, 3.05) is 26.2 Å². The van der Waals surface area contributed by atoms with Crippen LogP contribution >= 0.6 is 11.6 Å². The Morgan fingerprint density at radius 3 is 2.21 bits per heavy atom. The van der Waals surface area contributed by atoms with Gasteiger partial charge in [-0.2, -0.15) is 4.72 Å². The van der Waals surface area contributed by atoms with Gasteiger partial charge in [0.2, 0.25) is 10.0 Å². The molecular formula is C23H28ClN3O5S. The Bertz CT molecular complexity index is 1060. The van der Waals surface area contributed by atoms with Gasteiger partial charge >= 0.3 is 5.97 Å². The van der Waals surface area contributed by atoms with Gasteiger partial charge in [-0.15, -0.1) is 0 Å². The van der Waals surface area contributed by atoms with E-state index in [0.29, 0.717) is 18.1 Å². The third-order valence-electron chi connectivity index (χ3n) is 5.38. The van der Waals surface area contributed by atoms with Crippen LogP contribution in [0.4, 0.5) is 0 Å². The van der Waals surface area contributed by atoms with Gasteiger partial charge in [-0.3, -0.25) is 14.5 Å². The molecule has 2 aromatic carbocycles. The summed E-state index contributed by atoms with van der Waals surface area (Å²) in [6.07, 6.45) is -1.01. The lowest BCUT2D eigenvalue weighted by atomic mass is 10.2. The quantitative estimate of drug-likeness (QED) is 0.567. The Morgan fingerprint density at radius 1 is 1.00 bits per heavy atom. The molecule has 33 heavy (non-hydrogen) atoms. The van der Waals surface area contributed by atoms with E-state index in [-0.39, 0.29) is 10.8 Å². The molecule has 0 aromatic heterocycles. The number of benzene rings is 2. The lowest BCUT2D eigenvalue weighted by Crippen LogP contribution is -2.52. The zero-order valence-electron chi connectivity index (χ0n) is 18.6. The highest BCUT2D eigenvalue weighted by molar-refractivity contribution is 7.89. The minimum Gasteiger partial charge on any atom is -0.451 e. The average molecular weight is 494 g/mol. The standard InChI is InChI=1S/C23H28ClN3O5S/c1-17(25-33(30,31)21-10-8-20(24)9-11-21)23(29)32-18(2)22(28)27-14-12-26(13-15-27)16-19-6-4-3-5-7-19/h3-11,17-18,25H,12-16H2,1-2H3/t17-,18?/m0/s1. The summed E-state index contributed by atoms with van der Waals surface area (Å²) in [4.78, 5) is 29.1. The Kier molecular flexibility index (Phi) is 8.47. The van der Waals surface area contributed by atoms with E-state index in [0.717, 1.165) is 19.6 Å². The van der Waals surface area contributed by atoms with Crippen LogP contribution in [0.25, 0.3) is 0 Å². The summed E-state index contributed by atoms with van der Waals surface area (Å²) in [6.45, 7) is 6.20. The molecule has 1 fully saturated rings. The van der Waals surface area contributed by atoms with E-state index < -0.39 is 28.1 Å². The number of carbonyl (C=O) groups excluding carboxylic acids is 2. The SMILES string of the molecule is CC(OC(=O)[C@H](C)NS(=O)(=O)c1ccc(Cl)cc1)C(=O)N1CCN(Cc2ccccc2)CC1. The van der Waals surface area contributed by atoms with Crippen molar-refractivity contribution in [1.82, 2.24) is 14.5 Å². The molecule has 2 atom stereocenters. The molecular weight excluding hydrogens is 466 g/mol. The van der Waals surface area contributed by atoms with Crippen LogP contribution in [0.3, 0.4) is 0 Å². The molecule has 2 aromatic rings. The van der Waals surface area contributed by atoms with Gasteiger partial charge in [-0.25, -0.2) is 8.42 Å². The van der Waals surface area contributed by atoms with Gasteiger partial charge in [0, 0.05) is 37.7 Å². The molecule has 8 nitrogen and oxygen atoms in total. The molecule has 1 aliphatic rings. The van der Waals surface area contributed by atoms with Crippen LogP contribution in [0, 0.1) is 0 Å². The fraction of sp³-hybridized carbons (Fsp3) is 0.391. The van der Waals surface area contributed by atoms with Crippen LogP contribution in [0.5, 0.6) is 0 Å². The second-order valence-electron chi connectivity index (χ2n) is 7.96. The van der Waals surface area contributed by atoms with Gasteiger partial charge in [0.1, 0.15) is 6.04 Å². The smallest absolute Gasteiger partial charge is 0.324 e. The Morgan fingerprint density at radius 2 is 1.61 bits per heavy atom. The van der Waals surface area contributed by atoms with Gasteiger partial charge in [0.25, 0.3) is 5.91 Å². The maximum atomic E-state index is 12.7. The summed E-state index contributed by atoms with van der Waals surface area (Å²) >= 11 is 5.79. The number of rotatable bonds is 8. The highest BCUT2D eigenvalue weighted by atomic mass is 35.5. The maximum Gasteiger partial charge on any atom is 0.324 e. The van der Waals surface area contributed by atoms with Crippen LogP contribution in [0.15, 0.2) is 59.5 Å². The van der Waals surface area contributed by atoms with Gasteiger partial charge < -0.3 is 9.64 Å². The van der Waals surface area contributed by atoms with Crippen molar-refractivity contribution in [2.45, 2.75) is 37.4 Å². The number of ether oxygens (including phenoxy) is 1. The second kappa shape index (κ2) is 11.1. The van der Waals surface area contributed by atoms with Crippen molar-refractivity contribution in [3.63, 3.8) is 0 Å². The number of hydrogen-bond acceptors (Lipinski definition) is 6. The van der Waals surface area contributed by atoms with Crippen molar-refractivity contribution in [1.29, 1.82) is 0 Å². The second-order valence-corrected chi connectivity index (χ2v) is 10.1. The number of esters is 1. The number of sulfonamides is 1. The highest BCUT2D eigenvalue weighted by Crippen LogP contribution is 2.15. The van der Waals surface area contributed by atoms with Gasteiger partial charge in [0.05, 0.1) is 4.90 Å². The number of halogens is 1. The molecule has 1 unspecified atom stereocenters. The first kappa shape index (κ1) is 25.2. The van der Waals surface area contributed by atoms with Crippen LogP contribution in [-0.4, -0.2) is 68.4 Å². The topological polar surface area (TPSA) is 96.0 Å². The molecule has 1 amide bonds. The minimum absolute atomic E-state index is 0.0240. The zero-order valence-corrected chi connectivity index (χ0v) is 20.2. The number of hydrogen-bond donors (Lipinski definition) is 1. The van der Waals surface area contributed by atoms with E-state index >= 15 is 0 Å². The molecule has 0 bridgehead atoms. The Balaban J connectivity index is 1.47. The van der Waals surface area contributed by atoms with Gasteiger partial charge in [0.15, 0.2) is 6.10 Å². The first-order valence-corrected chi connectivity index (χ1v) is 12.6. The van der Waals surface area contributed by atoms with Crippen LogP contribution < -0.4 is 4.72 Å². The van der Waals surface area contributed by atoms with E-state index in [1.807, 2.05) is 18.2 Å². The largest absolute Gasteiger partial charge is 0.451 e. The van der Waals surface area contributed by atoms with E-state index in [4.69, 9.17) is 16.3 Å². The predicted octanol–water partition coefficient (Wildman–Crippen LogP) is 2.28. The van der Waals surface area contributed by atoms with Gasteiger partial charge in [-0.05, 0) is 43.7 Å². The minimum atomic E-state index is -3.94. The predicted molar refractivity (Wildman–Crippen MR) is 125 cm³/mol. The van der Waals surface area contributed by atoms with Crippen molar-refractivity contribution >= 4 is 33.5 Å². The first-order valence-electron chi connectivity index (χ1n) is 10.7. The van der Waals surface area contributed by atoms with Crippen molar-refractivity contribution in [3.05, 3.63) is 65.2 Å². The third kappa shape index (κ3) is 7.01. The summed E-state index contributed by atoms with van der Waals surface area (Å²) in [6, 6.07) is 14.5. The molecule has 10 heteroatoms. The van der Waals surface area contributed by atoms with E-state index in [1.165, 1.54) is 43.7 Å². The fourth-order valence-corrected chi connectivity index (χ4v) is 4.83. The first-order chi connectivity index (χ1) is 15.7. The zero-order chi connectivity index (χ0) is 24.0. The average Bonchev–Trinajstić information content (AvgIpc) is 2.79. The van der Waals surface area contributed by atoms with Gasteiger partial charge in [-0.1, -0.05) is 41.9 Å². The van der Waals surface area contributed by atoms with E-state index in [9.17, 15) is 18.0 Å². The van der Waals surface area contributed by atoms with Crippen molar-refractivity contribution < 1.29 is 22.7 Å². The van der Waals surface area contributed by atoms with Crippen molar-refractivity contribution in [3.8, 4) is 0 Å². The summed E-state index contributed by atoms with van der Waals surface area (Å²) in [5.74, 6) is -1.12. The van der Waals surface area contributed by atoms with Crippen LogP contribution in [0.1, 0.15) is 19.4 Å². The number of nitrogens with zero attached hydrogens (tertiary/aromatic N) is 2. The summed E-state index contributed by atoms with van der Waals surface area (Å²) in [5.41, 5.74) is 1.22. The van der Waals surface area contributed by atoms with E-state index in [2.05, 4.69) is 21.8 Å². The lowest BCUT2D eigenvalue weighted by Gasteiger charge is -2.35. The summed E-state index contributed by atoms with van der Waals surface area (Å²) in [5, 5.41) is 0.398. The van der Waals surface area contributed by atoms with E-state index in [1.54, 1.807) is 4.90 Å². The molecule has 0 saturated carbocycles.